The lowest BCUT2D eigenvalue weighted by Gasteiger charge is -2.29. The maximum absolute atomic E-state index is 14.5. The minimum atomic E-state index is -1.12. The minimum Gasteiger partial charge on any atom is -0.465 e. The van der Waals surface area contributed by atoms with Crippen molar-refractivity contribution in [1.29, 1.82) is 0 Å². The van der Waals surface area contributed by atoms with Gasteiger partial charge in [0.15, 0.2) is 0 Å². The molecule has 0 saturated heterocycles. The number of nitrogens with one attached hydrogen (secondary N) is 1. The van der Waals surface area contributed by atoms with Gasteiger partial charge >= 0.3 is 12.1 Å². The second-order valence-electron chi connectivity index (χ2n) is 8.68. The quantitative estimate of drug-likeness (QED) is 0.702. The molecule has 168 valence electrons. The number of hydrogen-bond donors (Lipinski definition) is 1. The van der Waals surface area contributed by atoms with Crippen LogP contribution in [-0.4, -0.2) is 56.0 Å². The maximum atomic E-state index is 14.5. The fourth-order valence-electron chi connectivity index (χ4n) is 2.33. The monoisotopic (exact) mass is 426 g/mol. The Labute approximate surface area is 176 Å². The zero-order chi connectivity index (χ0) is 23.3. The first-order chi connectivity index (χ1) is 13.6. The van der Waals surface area contributed by atoms with Crippen molar-refractivity contribution < 1.29 is 33.0 Å². The highest BCUT2D eigenvalue weighted by Gasteiger charge is 2.30. The van der Waals surface area contributed by atoms with Crippen LogP contribution in [0.1, 0.15) is 51.9 Å². The average molecular weight is 426 g/mol. The number of carbonyl (C=O) groups excluding carboxylic acids is 3. The molecule has 1 aromatic carbocycles. The average Bonchev–Trinajstić information content (AvgIpc) is 2.60. The molecule has 0 radical (unpaired) electrons. The number of methoxy groups -OCH3 is 1. The second kappa shape index (κ2) is 9.88. The third-order valence-corrected chi connectivity index (χ3v) is 3.73. The number of hydrogen-bond acceptors (Lipinski definition) is 6. The summed E-state index contributed by atoms with van der Waals surface area (Å²) >= 11 is 0. The van der Waals surface area contributed by atoms with E-state index >= 15 is 0 Å². The SMILES string of the molecule is COC(=O)c1ccc(N(C)C(=O)[C@H](COC(C)(C)C)NC(=O)OC(C)(C)C)c(F)c1. The number of rotatable bonds is 6. The van der Waals surface area contributed by atoms with Crippen molar-refractivity contribution >= 4 is 23.7 Å². The molecule has 8 nitrogen and oxygen atoms in total. The summed E-state index contributed by atoms with van der Waals surface area (Å²) in [5.41, 5.74) is -1.39. The Morgan fingerprint density at radius 3 is 2.17 bits per heavy atom. The number of likely N-dealkylation sites (N-methyl/N-ethyl adjacent to an activating group) is 1. The predicted octanol–water partition coefficient (Wildman–Crippen LogP) is 3.28. The minimum absolute atomic E-state index is 0.0131. The highest BCUT2D eigenvalue weighted by atomic mass is 19.1. The zero-order valence-corrected chi connectivity index (χ0v) is 18.8. The van der Waals surface area contributed by atoms with Gasteiger partial charge in [0.25, 0.3) is 5.91 Å². The lowest BCUT2D eigenvalue weighted by atomic mass is 10.1. The topological polar surface area (TPSA) is 94.2 Å². The highest BCUT2D eigenvalue weighted by molar-refractivity contribution is 5.99. The lowest BCUT2D eigenvalue weighted by molar-refractivity contribution is -0.123. The summed E-state index contributed by atoms with van der Waals surface area (Å²) < 4.78 is 30.0. The van der Waals surface area contributed by atoms with Crippen molar-refractivity contribution in [3.8, 4) is 0 Å². The Morgan fingerprint density at radius 2 is 1.70 bits per heavy atom. The van der Waals surface area contributed by atoms with Gasteiger partial charge in [-0.2, -0.15) is 0 Å². The molecule has 0 heterocycles. The van der Waals surface area contributed by atoms with Gasteiger partial charge in [-0.05, 0) is 59.7 Å². The molecular formula is C21H31FN2O6. The van der Waals surface area contributed by atoms with E-state index in [2.05, 4.69) is 10.1 Å². The predicted molar refractivity (Wildman–Crippen MR) is 110 cm³/mol. The smallest absolute Gasteiger partial charge is 0.408 e. The Hall–Kier alpha value is -2.68. The van der Waals surface area contributed by atoms with Gasteiger partial charge in [0, 0.05) is 7.05 Å². The fraction of sp³-hybridized carbons (Fsp3) is 0.571. The molecule has 1 N–H and O–H groups in total. The molecule has 0 aromatic heterocycles. The van der Waals surface area contributed by atoms with Crippen LogP contribution < -0.4 is 10.2 Å². The number of nitrogens with zero attached hydrogens (tertiary/aromatic N) is 1. The van der Waals surface area contributed by atoms with Crippen LogP contribution in [0.3, 0.4) is 0 Å². The van der Waals surface area contributed by atoms with Crippen LogP contribution in [0.15, 0.2) is 18.2 Å². The molecule has 30 heavy (non-hydrogen) atoms. The third kappa shape index (κ3) is 7.98. The zero-order valence-electron chi connectivity index (χ0n) is 18.8. The van der Waals surface area contributed by atoms with E-state index in [1.807, 2.05) is 0 Å². The fourth-order valence-corrected chi connectivity index (χ4v) is 2.33. The van der Waals surface area contributed by atoms with Crippen molar-refractivity contribution in [1.82, 2.24) is 5.32 Å². The van der Waals surface area contributed by atoms with Gasteiger partial charge in [0.1, 0.15) is 17.5 Å². The van der Waals surface area contributed by atoms with E-state index < -0.39 is 41.0 Å². The number of carbonyl (C=O) groups is 3. The van der Waals surface area contributed by atoms with Crippen LogP contribution in [0.5, 0.6) is 0 Å². The van der Waals surface area contributed by atoms with E-state index in [1.54, 1.807) is 41.5 Å². The largest absolute Gasteiger partial charge is 0.465 e. The molecule has 1 atom stereocenters. The molecule has 0 aliphatic rings. The first-order valence-electron chi connectivity index (χ1n) is 9.43. The Bertz CT molecular complexity index is 783. The highest BCUT2D eigenvalue weighted by Crippen LogP contribution is 2.21. The van der Waals surface area contributed by atoms with Crippen molar-refractivity contribution in [3.63, 3.8) is 0 Å². The molecule has 0 saturated carbocycles. The van der Waals surface area contributed by atoms with E-state index in [0.717, 1.165) is 11.0 Å². The lowest BCUT2D eigenvalue weighted by Crippen LogP contribution is -2.52. The van der Waals surface area contributed by atoms with Crippen molar-refractivity contribution in [2.24, 2.45) is 0 Å². The summed E-state index contributed by atoms with van der Waals surface area (Å²) in [5, 5.41) is 2.48. The van der Waals surface area contributed by atoms with Gasteiger partial charge < -0.3 is 24.4 Å². The Morgan fingerprint density at radius 1 is 1.10 bits per heavy atom. The maximum Gasteiger partial charge on any atom is 0.408 e. The second-order valence-corrected chi connectivity index (χ2v) is 8.68. The number of anilines is 1. The first-order valence-corrected chi connectivity index (χ1v) is 9.43. The van der Waals surface area contributed by atoms with Gasteiger partial charge in [-0.25, -0.2) is 14.0 Å². The van der Waals surface area contributed by atoms with E-state index in [0.29, 0.717) is 0 Å². The van der Waals surface area contributed by atoms with Gasteiger partial charge in [-0.1, -0.05) is 0 Å². The molecule has 0 bridgehead atoms. The number of esters is 1. The summed E-state index contributed by atoms with van der Waals surface area (Å²) in [6, 6.07) is 2.49. The van der Waals surface area contributed by atoms with Crippen molar-refractivity contribution in [2.75, 3.05) is 25.7 Å². The number of ether oxygens (including phenoxy) is 3. The normalized spacial score (nSPS) is 12.7. The van der Waals surface area contributed by atoms with Crippen molar-refractivity contribution in [3.05, 3.63) is 29.6 Å². The molecule has 1 aromatic rings. The van der Waals surface area contributed by atoms with Crippen LogP contribution in [0.4, 0.5) is 14.9 Å². The summed E-state index contributed by atoms with van der Waals surface area (Å²) in [7, 11) is 2.55. The molecule has 0 aliphatic heterocycles. The summed E-state index contributed by atoms with van der Waals surface area (Å²) in [5.74, 6) is -2.10. The molecule has 0 aliphatic carbocycles. The van der Waals surface area contributed by atoms with Gasteiger partial charge in [-0.15, -0.1) is 0 Å². The molecule has 0 spiro atoms. The van der Waals surface area contributed by atoms with Crippen LogP contribution in [0.2, 0.25) is 0 Å². The molecule has 0 fully saturated rings. The van der Waals surface area contributed by atoms with Crippen LogP contribution in [-0.2, 0) is 19.0 Å². The van der Waals surface area contributed by atoms with Gasteiger partial charge in [-0.3, -0.25) is 4.79 Å². The van der Waals surface area contributed by atoms with Crippen LogP contribution >= 0.6 is 0 Å². The van der Waals surface area contributed by atoms with E-state index in [9.17, 15) is 18.8 Å². The molecule has 0 unspecified atom stereocenters. The number of amides is 2. The molecule has 1 rings (SSSR count). The van der Waals surface area contributed by atoms with E-state index in [1.165, 1.54) is 26.3 Å². The molecule has 9 heteroatoms. The van der Waals surface area contributed by atoms with Gasteiger partial charge in [0.05, 0.1) is 30.6 Å². The molecule has 2 amide bonds. The number of benzene rings is 1. The van der Waals surface area contributed by atoms with E-state index in [4.69, 9.17) is 9.47 Å². The van der Waals surface area contributed by atoms with Crippen molar-refractivity contribution in [2.45, 2.75) is 58.8 Å². The third-order valence-electron chi connectivity index (χ3n) is 3.73. The number of alkyl carbamates (subject to hydrolysis) is 1. The summed E-state index contributed by atoms with van der Waals surface area (Å²) in [6.45, 7) is 10.3. The first kappa shape index (κ1) is 25.4. The number of halogens is 1. The standard InChI is InChI=1S/C21H31FN2O6/c1-20(2,3)29-12-15(23-19(27)30-21(4,5)6)17(25)24(7)16-10-9-13(11-14(16)22)18(26)28-8/h9-11,15H,12H2,1-8H3,(H,23,27)/t15-/m0/s1. The summed E-state index contributed by atoms with van der Waals surface area (Å²) in [6.07, 6.45) is -0.798. The Kier molecular flexibility index (Phi) is 8.35. The van der Waals surface area contributed by atoms with Crippen LogP contribution in [0, 0.1) is 5.82 Å². The summed E-state index contributed by atoms with van der Waals surface area (Å²) in [4.78, 5) is 37.8. The van der Waals surface area contributed by atoms with Crippen LogP contribution in [0.25, 0.3) is 0 Å². The molecular weight excluding hydrogens is 395 g/mol. The van der Waals surface area contributed by atoms with Gasteiger partial charge in [0.2, 0.25) is 0 Å². The Balaban J connectivity index is 3.09. The van der Waals surface area contributed by atoms with E-state index in [-0.39, 0.29) is 17.9 Å².